The summed E-state index contributed by atoms with van der Waals surface area (Å²) in [5.41, 5.74) is 7.77. The molecule has 2 N–H and O–H groups in total. The molecule has 1 heterocycles. The van der Waals surface area contributed by atoms with Crippen LogP contribution < -0.4 is 5.73 Å². The number of nitrogens with two attached hydrogens (primary N) is 1. The molecule has 5 nitrogen and oxygen atoms in total. The van der Waals surface area contributed by atoms with Gasteiger partial charge < -0.3 is 15.2 Å². The maximum Gasteiger partial charge on any atom is 0.222 e. The maximum atomic E-state index is 11.6. The molecule has 0 spiro atoms. The first-order chi connectivity index (χ1) is 9.63. The van der Waals surface area contributed by atoms with Crippen LogP contribution in [0.25, 0.3) is 11.0 Å². The van der Waals surface area contributed by atoms with E-state index in [0.717, 1.165) is 36.2 Å². The Balaban J connectivity index is 2.14. The van der Waals surface area contributed by atoms with Crippen molar-refractivity contribution in [2.75, 3.05) is 20.6 Å². The van der Waals surface area contributed by atoms with Crippen LogP contribution in [-0.4, -0.2) is 41.0 Å². The third kappa shape index (κ3) is 3.17. The molecule has 0 aliphatic rings. The zero-order valence-corrected chi connectivity index (χ0v) is 12.2. The van der Waals surface area contributed by atoms with Gasteiger partial charge in [0.1, 0.15) is 5.82 Å². The number of hydrogen-bond acceptors (Lipinski definition) is 3. The minimum Gasteiger partial charge on any atom is -0.349 e. The molecular weight excluding hydrogens is 252 g/mol. The number of fused-ring (bicyclic) bond motifs is 1. The van der Waals surface area contributed by atoms with Gasteiger partial charge in [0.2, 0.25) is 5.91 Å². The topological polar surface area (TPSA) is 64.2 Å². The molecule has 0 saturated heterocycles. The van der Waals surface area contributed by atoms with Crippen LogP contribution in [0.4, 0.5) is 0 Å². The van der Waals surface area contributed by atoms with Gasteiger partial charge in [0.25, 0.3) is 0 Å². The average molecular weight is 274 g/mol. The average Bonchev–Trinajstić information content (AvgIpc) is 2.77. The number of aromatic nitrogens is 2. The van der Waals surface area contributed by atoms with Gasteiger partial charge in [-0.2, -0.15) is 0 Å². The lowest BCUT2D eigenvalue weighted by Crippen LogP contribution is -2.21. The van der Waals surface area contributed by atoms with Crippen molar-refractivity contribution in [2.45, 2.75) is 25.8 Å². The molecule has 0 aliphatic carbocycles. The van der Waals surface area contributed by atoms with Crippen molar-refractivity contribution in [2.24, 2.45) is 5.73 Å². The molecule has 0 radical (unpaired) electrons. The highest BCUT2D eigenvalue weighted by Gasteiger charge is 2.10. The molecule has 2 rings (SSSR count). The van der Waals surface area contributed by atoms with Gasteiger partial charge in [0, 0.05) is 33.5 Å². The minimum atomic E-state index is 0.162. The summed E-state index contributed by atoms with van der Waals surface area (Å²) in [7, 11) is 3.57. The van der Waals surface area contributed by atoms with Crippen LogP contribution in [0.1, 0.15) is 18.7 Å². The second-order valence-electron chi connectivity index (χ2n) is 5.10. The maximum absolute atomic E-state index is 11.6. The molecule has 20 heavy (non-hydrogen) atoms. The second kappa shape index (κ2) is 6.52. The lowest BCUT2D eigenvalue weighted by atomic mass is 10.2. The van der Waals surface area contributed by atoms with E-state index in [1.807, 2.05) is 18.2 Å². The number of hydrogen-bond donors (Lipinski definition) is 1. The Kier molecular flexibility index (Phi) is 4.74. The molecule has 2 aromatic rings. The minimum absolute atomic E-state index is 0.162. The van der Waals surface area contributed by atoms with Gasteiger partial charge in [-0.15, -0.1) is 0 Å². The molecule has 0 atom stereocenters. The van der Waals surface area contributed by atoms with Crippen molar-refractivity contribution in [1.29, 1.82) is 0 Å². The van der Waals surface area contributed by atoms with Crippen LogP contribution in [0, 0.1) is 0 Å². The molecule has 0 unspecified atom stereocenters. The second-order valence-corrected chi connectivity index (χ2v) is 5.10. The first-order valence-electron chi connectivity index (χ1n) is 6.98. The van der Waals surface area contributed by atoms with Crippen molar-refractivity contribution in [3.05, 3.63) is 30.1 Å². The Hall–Kier alpha value is -1.88. The lowest BCUT2D eigenvalue weighted by Gasteiger charge is -2.11. The first-order valence-corrected chi connectivity index (χ1v) is 6.98. The molecular formula is C15H22N4O. The smallest absolute Gasteiger partial charge is 0.222 e. The molecule has 0 bridgehead atoms. The molecule has 108 valence electrons. The number of carbonyl (C=O) groups is 1. The fourth-order valence-corrected chi connectivity index (χ4v) is 2.31. The summed E-state index contributed by atoms with van der Waals surface area (Å²) < 4.78 is 2.19. The number of benzene rings is 1. The van der Waals surface area contributed by atoms with E-state index < -0.39 is 0 Å². The Morgan fingerprint density at radius 2 is 2.10 bits per heavy atom. The van der Waals surface area contributed by atoms with Crippen molar-refractivity contribution < 1.29 is 4.79 Å². The van der Waals surface area contributed by atoms with Crippen LogP contribution in [0.5, 0.6) is 0 Å². The number of para-hydroxylation sites is 2. The van der Waals surface area contributed by atoms with Crippen LogP contribution >= 0.6 is 0 Å². The molecule has 1 aromatic carbocycles. The normalized spacial score (nSPS) is 10.9. The summed E-state index contributed by atoms with van der Waals surface area (Å²) in [5.74, 6) is 1.17. The number of rotatable bonds is 6. The number of amides is 1. The summed E-state index contributed by atoms with van der Waals surface area (Å²) >= 11 is 0. The van der Waals surface area contributed by atoms with Crippen molar-refractivity contribution in [3.8, 4) is 0 Å². The monoisotopic (exact) mass is 274 g/mol. The van der Waals surface area contributed by atoms with Crippen LogP contribution in [0.2, 0.25) is 0 Å². The predicted octanol–water partition coefficient (Wildman–Crippen LogP) is 1.41. The number of aryl methyl sites for hydroxylation is 1. The molecule has 0 saturated carbocycles. The summed E-state index contributed by atoms with van der Waals surface area (Å²) in [6, 6.07) is 8.08. The van der Waals surface area contributed by atoms with Gasteiger partial charge in [-0.3, -0.25) is 4.79 Å². The van der Waals surface area contributed by atoms with E-state index in [4.69, 9.17) is 5.73 Å². The summed E-state index contributed by atoms with van der Waals surface area (Å²) in [5, 5.41) is 0. The summed E-state index contributed by atoms with van der Waals surface area (Å²) in [6.07, 6.45) is 2.13. The molecule has 1 aromatic heterocycles. The van der Waals surface area contributed by atoms with Crippen molar-refractivity contribution in [1.82, 2.24) is 14.5 Å². The molecule has 0 aliphatic heterocycles. The summed E-state index contributed by atoms with van der Waals surface area (Å²) in [6.45, 7) is 1.38. The number of nitrogens with zero attached hydrogens (tertiary/aromatic N) is 3. The highest BCUT2D eigenvalue weighted by Crippen LogP contribution is 2.17. The van der Waals surface area contributed by atoms with E-state index in [9.17, 15) is 4.79 Å². The molecule has 1 amide bonds. The fraction of sp³-hybridized carbons (Fsp3) is 0.467. The molecule has 0 fully saturated rings. The third-order valence-corrected chi connectivity index (χ3v) is 3.37. The highest BCUT2D eigenvalue weighted by molar-refractivity contribution is 5.76. The van der Waals surface area contributed by atoms with E-state index in [-0.39, 0.29) is 5.91 Å². The Labute approximate surface area is 119 Å². The largest absolute Gasteiger partial charge is 0.349 e. The lowest BCUT2D eigenvalue weighted by molar-refractivity contribution is -0.128. The Bertz CT molecular complexity index is 589. The van der Waals surface area contributed by atoms with Gasteiger partial charge in [0.15, 0.2) is 0 Å². The van der Waals surface area contributed by atoms with Crippen LogP contribution in [0.3, 0.4) is 0 Å². The zero-order valence-electron chi connectivity index (χ0n) is 12.2. The van der Waals surface area contributed by atoms with Gasteiger partial charge in [-0.25, -0.2) is 4.98 Å². The van der Waals surface area contributed by atoms with E-state index >= 15 is 0 Å². The Morgan fingerprint density at radius 1 is 1.35 bits per heavy atom. The number of imidazole rings is 1. The highest BCUT2D eigenvalue weighted by atomic mass is 16.2. The third-order valence-electron chi connectivity index (χ3n) is 3.37. The predicted molar refractivity (Wildman–Crippen MR) is 80.4 cm³/mol. The van der Waals surface area contributed by atoms with E-state index in [2.05, 4.69) is 15.6 Å². The zero-order chi connectivity index (χ0) is 14.5. The van der Waals surface area contributed by atoms with Crippen molar-refractivity contribution >= 4 is 16.9 Å². The van der Waals surface area contributed by atoms with Crippen LogP contribution in [-0.2, 0) is 17.8 Å². The van der Waals surface area contributed by atoms with Crippen LogP contribution in [0.15, 0.2) is 24.3 Å². The standard InChI is InChI=1S/C15H22N4O/c1-18(2)15(20)8-5-11-19-13-7-4-3-6-12(13)17-14(19)9-10-16/h3-4,6-7H,5,8-11,16H2,1-2H3. The van der Waals surface area contributed by atoms with Gasteiger partial charge in [0.05, 0.1) is 11.0 Å². The van der Waals surface area contributed by atoms with Gasteiger partial charge >= 0.3 is 0 Å². The van der Waals surface area contributed by atoms with E-state index in [1.54, 1.807) is 19.0 Å². The Morgan fingerprint density at radius 3 is 2.80 bits per heavy atom. The summed E-state index contributed by atoms with van der Waals surface area (Å²) in [4.78, 5) is 17.9. The quantitative estimate of drug-likeness (QED) is 0.866. The van der Waals surface area contributed by atoms with Gasteiger partial charge in [-0.05, 0) is 25.1 Å². The molecule has 5 heteroatoms. The van der Waals surface area contributed by atoms with Gasteiger partial charge in [-0.1, -0.05) is 12.1 Å². The van der Waals surface area contributed by atoms with Crippen molar-refractivity contribution in [3.63, 3.8) is 0 Å². The number of carbonyl (C=O) groups excluding carboxylic acids is 1. The fourth-order valence-electron chi connectivity index (χ4n) is 2.31. The first kappa shape index (κ1) is 14.5. The van der Waals surface area contributed by atoms with E-state index in [1.165, 1.54) is 0 Å². The van der Waals surface area contributed by atoms with E-state index in [0.29, 0.717) is 13.0 Å². The SMILES string of the molecule is CN(C)C(=O)CCCn1c(CCN)nc2ccccc21.